The summed E-state index contributed by atoms with van der Waals surface area (Å²) in [5.74, 6) is -0.0405. The Kier molecular flexibility index (Phi) is 5.43. The van der Waals surface area contributed by atoms with Crippen LogP contribution in [-0.4, -0.2) is 12.5 Å². The van der Waals surface area contributed by atoms with Crippen LogP contribution in [0.5, 0.6) is 0 Å². The van der Waals surface area contributed by atoms with Gasteiger partial charge in [0.1, 0.15) is 0 Å². The highest BCUT2D eigenvalue weighted by Gasteiger charge is 2.18. The molecule has 0 fully saturated rings. The summed E-state index contributed by atoms with van der Waals surface area (Å²) in [6, 6.07) is 16.1. The van der Waals surface area contributed by atoms with Crippen molar-refractivity contribution in [1.29, 1.82) is 0 Å². The van der Waals surface area contributed by atoms with Crippen LogP contribution in [0.3, 0.4) is 0 Å². The number of carbonyl (C=O) groups excluding carboxylic acids is 1. The number of carbonyl (C=O) groups is 1. The SMILES string of the molecule is CCc1ccc(NCC(=O)Nc2ccccc2C(C)(C)C)cc1. The summed E-state index contributed by atoms with van der Waals surface area (Å²) < 4.78 is 0. The summed E-state index contributed by atoms with van der Waals surface area (Å²) in [5.41, 5.74) is 4.27. The predicted molar refractivity (Wildman–Crippen MR) is 98.1 cm³/mol. The van der Waals surface area contributed by atoms with Gasteiger partial charge in [-0.05, 0) is 41.2 Å². The second kappa shape index (κ2) is 7.32. The van der Waals surface area contributed by atoms with Gasteiger partial charge >= 0.3 is 0 Å². The summed E-state index contributed by atoms with van der Waals surface area (Å²) in [5, 5.41) is 6.17. The second-order valence-corrected chi connectivity index (χ2v) is 6.75. The Morgan fingerprint density at radius 3 is 2.26 bits per heavy atom. The van der Waals surface area contributed by atoms with Crippen molar-refractivity contribution in [2.75, 3.05) is 17.2 Å². The van der Waals surface area contributed by atoms with Crippen LogP contribution >= 0.6 is 0 Å². The fourth-order valence-electron chi connectivity index (χ4n) is 2.48. The van der Waals surface area contributed by atoms with E-state index < -0.39 is 0 Å². The van der Waals surface area contributed by atoms with Crippen LogP contribution in [0, 0.1) is 0 Å². The van der Waals surface area contributed by atoms with Gasteiger partial charge < -0.3 is 10.6 Å². The van der Waals surface area contributed by atoms with Gasteiger partial charge in [0.25, 0.3) is 0 Å². The van der Waals surface area contributed by atoms with E-state index in [0.717, 1.165) is 23.4 Å². The Balaban J connectivity index is 1.97. The monoisotopic (exact) mass is 310 g/mol. The van der Waals surface area contributed by atoms with E-state index in [0.29, 0.717) is 0 Å². The zero-order chi connectivity index (χ0) is 16.9. The Morgan fingerprint density at radius 1 is 1.00 bits per heavy atom. The molecule has 0 saturated carbocycles. The summed E-state index contributed by atoms with van der Waals surface area (Å²) >= 11 is 0. The maximum atomic E-state index is 12.2. The van der Waals surface area contributed by atoms with E-state index in [1.807, 2.05) is 30.3 Å². The molecule has 0 aliphatic carbocycles. The van der Waals surface area contributed by atoms with Crippen LogP contribution in [0.2, 0.25) is 0 Å². The summed E-state index contributed by atoms with van der Waals surface area (Å²) in [4.78, 5) is 12.2. The van der Waals surface area contributed by atoms with Crippen LogP contribution in [0.1, 0.15) is 38.8 Å². The molecule has 3 heteroatoms. The molecule has 0 atom stereocenters. The van der Waals surface area contributed by atoms with Gasteiger partial charge in [-0.25, -0.2) is 0 Å². The first-order valence-corrected chi connectivity index (χ1v) is 8.12. The van der Waals surface area contributed by atoms with Crippen molar-refractivity contribution in [3.05, 3.63) is 59.7 Å². The zero-order valence-electron chi connectivity index (χ0n) is 14.4. The lowest BCUT2D eigenvalue weighted by molar-refractivity contribution is -0.114. The molecular weight excluding hydrogens is 284 g/mol. The average molecular weight is 310 g/mol. The lowest BCUT2D eigenvalue weighted by atomic mass is 9.86. The number of nitrogens with one attached hydrogen (secondary N) is 2. The first kappa shape index (κ1) is 17.1. The van der Waals surface area contributed by atoms with Crippen LogP contribution in [-0.2, 0) is 16.6 Å². The van der Waals surface area contributed by atoms with Crippen molar-refractivity contribution in [2.24, 2.45) is 0 Å². The van der Waals surface area contributed by atoms with E-state index in [1.165, 1.54) is 5.56 Å². The average Bonchev–Trinajstić information content (AvgIpc) is 2.53. The Labute approximate surface area is 139 Å². The molecule has 23 heavy (non-hydrogen) atoms. The van der Waals surface area contributed by atoms with Gasteiger partial charge in [0, 0.05) is 11.4 Å². The molecule has 0 spiro atoms. The van der Waals surface area contributed by atoms with Crippen LogP contribution in [0.15, 0.2) is 48.5 Å². The molecule has 2 aromatic carbocycles. The molecule has 1 amide bonds. The van der Waals surface area contributed by atoms with Crippen LogP contribution in [0.25, 0.3) is 0 Å². The molecule has 122 valence electrons. The molecule has 0 aromatic heterocycles. The van der Waals surface area contributed by atoms with Crippen molar-refractivity contribution in [3.8, 4) is 0 Å². The van der Waals surface area contributed by atoms with Gasteiger partial charge in [0.2, 0.25) is 5.91 Å². The van der Waals surface area contributed by atoms with Crippen molar-refractivity contribution in [3.63, 3.8) is 0 Å². The van der Waals surface area contributed by atoms with Crippen molar-refractivity contribution >= 4 is 17.3 Å². The van der Waals surface area contributed by atoms with Crippen LogP contribution < -0.4 is 10.6 Å². The number of amides is 1. The highest BCUT2D eigenvalue weighted by Crippen LogP contribution is 2.29. The lowest BCUT2D eigenvalue weighted by Gasteiger charge is -2.23. The summed E-state index contributed by atoms with van der Waals surface area (Å²) in [7, 11) is 0. The highest BCUT2D eigenvalue weighted by atomic mass is 16.1. The molecule has 2 N–H and O–H groups in total. The number of aryl methyl sites for hydroxylation is 1. The largest absolute Gasteiger partial charge is 0.376 e. The number of anilines is 2. The number of hydrogen-bond acceptors (Lipinski definition) is 2. The minimum absolute atomic E-state index is 0.00666. The quantitative estimate of drug-likeness (QED) is 0.847. The Morgan fingerprint density at radius 2 is 1.65 bits per heavy atom. The first-order valence-electron chi connectivity index (χ1n) is 8.12. The molecular formula is C20H26N2O. The number of para-hydroxylation sites is 1. The molecule has 0 aliphatic rings. The number of rotatable bonds is 5. The van der Waals surface area contributed by atoms with E-state index in [9.17, 15) is 4.79 Å². The molecule has 2 aromatic rings. The van der Waals surface area contributed by atoms with Gasteiger partial charge in [0.05, 0.1) is 6.54 Å². The first-order chi connectivity index (χ1) is 10.9. The summed E-state index contributed by atoms with van der Waals surface area (Å²) in [6.07, 6.45) is 1.02. The topological polar surface area (TPSA) is 41.1 Å². The highest BCUT2D eigenvalue weighted by molar-refractivity contribution is 5.94. The van der Waals surface area contributed by atoms with Crippen molar-refractivity contribution < 1.29 is 4.79 Å². The normalized spacial score (nSPS) is 11.1. The molecule has 0 heterocycles. The standard InChI is InChI=1S/C20H26N2O/c1-5-15-10-12-16(13-11-15)21-14-19(23)22-18-9-7-6-8-17(18)20(2,3)4/h6-13,21H,5,14H2,1-4H3,(H,22,23). The third-order valence-electron chi connectivity index (χ3n) is 3.82. The van der Waals surface area contributed by atoms with E-state index in [-0.39, 0.29) is 17.9 Å². The maximum absolute atomic E-state index is 12.2. The number of hydrogen-bond donors (Lipinski definition) is 2. The molecule has 0 radical (unpaired) electrons. The van der Waals surface area contributed by atoms with Gasteiger partial charge in [0.15, 0.2) is 0 Å². The van der Waals surface area contributed by atoms with Gasteiger partial charge in [-0.2, -0.15) is 0 Å². The molecule has 0 unspecified atom stereocenters. The molecule has 0 saturated heterocycles. The van der Waals surface area contributed by atoms with E-state index in [2.05, 4.69) is 56.5 Å². The maximum Gasteiger partial charge on any atom is 0.243 e. The lowest BCUT2D eigenvalue weighted by Crippen LogP contribution is -2.24. The smallest absolute Gasteiger partial charge is 0.243 e. The van der Waals surface area contributed by atoms with E-state index in [1.54, 1.807) is 0 Å². The minimum atomic E-state index is -0.0405. The van der Waals surface area contributed by atoms with Crippen molar-refractivity contribution in [1.82, 2.24) is 0 Å². The zero-order valence-corrected chi connectivity index (χ0v) is 14.4. The second-order valence-electron chi connectivity index (χ2n) is 6.75. The molecule has 3 nitrogen and oxygen atoms in total. The fraction of sp³-hybridized carbons (Fsp3) is 0.350. The third kappa shape index (κ3) is 4.85. The molecule has 0 aliphatic heterocycles. The Hall–Kier alpha value is -2.29. The molecule has 0 bridgehead atoms. The van der Waals surface area contributed by atoms with Gasteiger partial charge in [-0.1, -0.05) is 58.0 Å². The van der Waals surface area contributed by atoms with E-state index in [4.69, 9.17) is 0 Å². The molecule has 2 rings (SSSR count). The summed E-state index contributed by atoms with van der Waals surface area (Å²) in [6.45, 7) is 8.81. The van der Waals surface area contributed by atoms with Crippen molar-refractivity contribution in [2.45, 2.75) is 39.5 Å². The third-order valence-corrected chi connectivity index (χ3v) is 3.82. The predicted octanol–water partition coefficient (Wildman–Crippen LogP) is 4.60. The van der Waals surface area contributed by atoms with Gasteiger partial charge in [-0.15, -0.1) is 0 Å². The van der Waals surface area contributed by atoms with Gasteiger partial charge in [-0.3, -0.25) is 4.79 Å². The number of benzene rings is 2. The van der Waals surface area contributed by atoms with Crippen LogP contribution in [0.4, 0.5) is 11.4 Å². The Bertz CT molecular complexity index is 654. The van der Waals surface area contributed by atoms with E-state index >= 15 is 0 Å². The minimum Gasteiger partial charge on any atom is -0.376 e. The fourth-order valence-corrected chi connectivity index (χ4v) is 2.48.